The normalized spacial score (nSPS) is 13.6. The predicted molar refractivity (Wildman–Crippen MR) is 259 cm³/mol. The van der Waals surface area contributed by atoms with Crippen LogP contribution >= 0.6 is 0 Å². The summed E-state index contributed by atoms with van der Waals surface area (Å²) in [6, 6.07) is -0.731. The Kier molecular flexibility index (Phi) is 46.1. The van der Waals surface area contributed by atoms with Crippen molar-refractivity contribution in [2.24, 2.45) is 0 Å². The second kappa shape index (κ2) is 47.9. The van der Waals surface area contributed by atoms with Gasteiger partial charge in [0.1, 0.15) is 6.10 Å². The van der Waals surface area contributed by atoms with E-state index in [-0.39, 0.29) is 24.9 Å². The number of amides is 1. The van der Waals surface area contributed by atoms with E-state index in [9.17, 15) is 19.8 Å². The third-order valence-corrected chi connectivity index (χ3v) is 11.6. The molecule has 0 bridgehead atoms. The van der Waals surface area contributed by atoms with Gasteiger partial charge in [0.15, 0.2) is 0 Å². The molecule has 0 aromatic carbocycles. The van der Waals surface area contributed by atoms with E-state index in [1.165, 1.54) is 161 Å². The summed E-state index contributed by atoms with van der Waals surface area (Å²) in [4.78, 5) is 26.0. The molecule has 0 aliphatic rings. The molecule has 60 heavy (non-hydrogen) atoms. The number of hydrogen-bond donors (Lipinski definition) is 3. The molecule has 0 saturated heterocycles. The van der Waals surface area contributed by atoms with Gasteiger partial charge in [0, 0.05) is 6.42 Å². The summed E-state index contributed by atoms with van der Waals surface area (Å²) >= 11 is 0. The Morgan fingerprint density at radius 2 is 0.883 bits per heavy atom. The standard InChI is InChI=1S/C54H99NO5/c1-4-7-10-13-16-19-22-23-24-25-26-27-28-29-32-35-38-41-44-47-54(59)60-50(45-42-39-36-33-30-20-17-14-11-8-5-2)48-53(58)55-51(49-56)52(57)46-43-40-37-34-31-21-18-15-12-9-6-3/h16,19,23-24,33,36,42,45,50-52,56-57H,4-15,17-18,20-22,25-32,34-35,37-41,43-44,46-49H2,1-3H3,(H,55,58)/b19-16-,24-23-,36-33-,45-42+. The lowest BCUT2D eigenvalue weighted by molar-refractivity contribution is -0.148. The molecule has 0 aromatic heterocycles. The van der Waals surface area contributed by atoms with E-state index in [4.69, 9.17) is 4.74 Å². The van der Waals surface area contributed by atoms with Crippen LogP contribution in [0.3, 0.4) is 0 Å². The predicted octanol–water partition coefficient (Wildman–Crippen LogP) is 15.5. The van der Waals surface area contributed by atoms with Gasteiger partial charge in [-0.05, 0) is 70.3 Å². The van der Waals surface area contributed by atoms with Crippen molar-refractivity contribution in [2.45, 2.75) is 277 Å². The van der Waals surface area contributed by atoms with Crippen molar-refractivity contribution in [1.82, 2.24) is 5.32 Å². The van der Waals surface area contributed by atoms with Crippen molar-refractivity contribution in [3.8, 4) is 0 Å². The van der Waals surface area contributed by atoms with Crippen LogP contribution in [0, 0.1) is 0 Å². The quantitative estimate of drug-likeness (QED) is 0.0322. The number of esters is 1. The van der Waals surface area contributed by atoms with Crippen molar-refractivity contribution in [3.63, 3.8) is 0 Å². The Morgan fingerprint density at radius 3 is 1.35 bits per heavy atom. The third kappa shape index (κ3) is 42.5. The van der Waals surface area contributed by atoms with Crippen LogP contribution in [0.25, 0.3) is 0 Å². The Morgan fingerprint density at radius 1 is 0.500 bits per heavy atom. The molecule has 0 fully saturated rings. The van der Waals surface area contributed by atoms with Gasteiger partial charge in [-0.2, -0.15) is 0 Å². The van der Waals surface area contributed by atoms with Gasteiger partial charge in [0.2, 0.25) is 5.91 Å². The van der Waals surface area contributed by atoms with Crippen molar-refractivity contribution < 1.29 is 24.5 Å². The fraction of sp³-hybridized carbons (Fsp3) is 0.815. The molecule has 6 nitrogen and oxygen atoms in total. The van der Waals surface area contributed by atoms with Crippen LogP contribution in [-0.2, 0) is 14.3 Å². The number of carbonyl (C=O) groups excluding carboxylic acids is 2. The fourth-order valence-electron chi connectivity index (χ4n) is 7.66. The highest BCUT2D eigenvalue weighted by Gasteiger charge is 2.23. The van der Waals surface area contributed by atoms with Gasteiger partial charge in [-0.25, -0.2) is 0 Å². The maximum Gasteiger partial charge on any atom is 0.306 e. The lowest BCUT2D eigenvalue weighted by Crippen LogP contribution is -2.46. The molecule has 0 aliphatic heterocycles. The molecule has 0 rings (SSSR count). The lowest BCUT2D eigenvalue weighted by atomic mass is 10.0. The zero-order valence-corrected chi connectivity index (χ0v) is 39.8. The number of carbonyl (C=O) groups is 2. The highest BCUT2D eigenvalue weighted by Crippen LogP contribution is 2.16. The minimum absolute atomic E-state index is 0.0296. The molecule has 3 atom stereocenters. The Balaban J connectivity index is 4.56. The number of allylic oxidation sites excluding steroid dienone is 7. The molecule has 350 valence electrons. The summed E-state index contributed by atoms with van der Waals surface area (Å²) in [5.74, 6) is -0.603. The largest absolute Gasteiger partial charge is 0.458 e. The van der Waals surface area contributed by atoms with Gasteiger partial charge in [-0.15, -0.1) is 0 Å². The zero-order valence-electron chi connectivity index (χ0n) is 39.8. The minimum atomic E-state index is -0.810. The van der Waals surface area contributed by atoms with Crippen LogP contribution < -0.4 is 5.32 Å². The van der Waals surface area contributed by atoms with Gasteiger partial charge in [-0.3, -0.25) is 9.59 Å². The summed E-state index contributed by atoms with van der Waals surface area (Å²) in [6.45, 7) is 6.41. The first kappa shape index (κ1) is 57.8. The smallest absolute Gasteiger partial charge is 0.306 e. The molecule has 0 aromatic rings. The van der Waals surface area contributed by atoms with Gasteiger partial charge in [-0.1, -0.05) is 224 Å². The molecule has 0 spiro atoms. The van der Waals surface area contributed by atoms with Crippen molar-refractivity contribution in [3.05, 3.63) is 48.6 Å². The Hall–Kier alpha value is -2.18. The van der Waals surface area contributed by atoms with E-state index in [0.717, 1.165) is 57.8 Å². The summed E-state index contributed by atoms with van der Waals surface area (Å²) in [6.07, 6.45) is 57.8. The molecular formula is C54H99NO5. The van der Waals surface area contributed by atoms with Crippen LogP contribution in [0.5, 0.6) is 0 Å². The molecule has 3 unspecified atom stereocenters. The molecular weight excluding hydrogens is 743 g/mol. The number of unbranched alkanes of at least 4 members (excludes halogenated alkanes) is 28. The van der Waals surface area contributed by atoms with E-state index < -0.39 is 18.2 Å². The van der Waals surface area contributed by atoms with Crippen LogP contribution in [0.15, 0.2) is 48.6 Å². The second-order valence-corrected chi connectivity index (χ2v) is 17.6. The van der Waals surface area contributed by atoms with Gasteiger partial charge in [0.05, 0.1) is 25.2 Å². The molecule has 6 heteroatoms. The average molecular weight is 842 g/mol. The second-order valence-electron chi connectivity index (χ2n) is 17.6. The number of nitrogens with one attached hydrogen (secondary N) is 1. The van der Waals surface area contributed by atoms with Gasteiger partial charge >= 0.3 is 5.97 Å². The number of aliphatic hydroxyl groups excluding tert-OH is 2. The maximum atomic E-state index is 13.1. The van der Waals surface area contributed by atoms with Crippen molar-refractivity contribution in [2.75, 3.05) is 6.61 Å². The molecule has 0 heterocycles. The molecule has 3 N–H and O–H groups in total. The Bertz CT molecular complexity index is 1040. The highest BCUT2D eigenvalue weighted by molar-refractivity contribution is 5.78. The Labute approximate surface area is 372 Å². The summed E-state index contributed by atoms with van der Waals surface area (Å²) in [5.41, 5.74) is 0. The van der Waals surface area contributed by atoms with Crippen LogP contribution in [-0.4, -0.2) is 46.9 Å². The van der Waals surface area contributed by atoms with E-state index in [1.807, 2.05) is 12.2 Å². The zero-order chi connectivity index (χ0) is 43.8. The third-order valence-electron chi connectivity index (χ3n) is 11.6. The summed E-state index contributed by atoms with van der Waals surface area (Å²) in [5, 5.41) is 23.6. The molecule has 0 aliphatic carbocycles. The summed E-state index contributed by atoms with van der Waals surface area (Å²) in [7, 11) is 0. The van der Waals surface area contributed by atoms with Crippen LogP contribution in [0.4, 0.5) is 0 Å². The monoisotopic (exact) mass is 842 g/mol. The number of aliphatic hydroxyl groups is 2. The van der Waals surface area contributed by atoms with E-state index in [1.54, 1.807) is 0 Å². The fourth-order valence-corrected chi connectivity index (χ4v) is 7.66. The van der Waals surface area contributed by atoms with Gasteiger partial charge in [0.25, 0.3) is 0 Å². The SMILES string of the molecule is CCCCC/C=C\C/C=C\CCCCCCCCCCCC(=O)OC(/C=C/C/C=C\CCCCCCCC)CC(=O)NC(CO)C(O)CCCCCCCCCCCCC. The van der Waals surface area contributed by atoms with Crippen molar-refractivity contribution in [1.29, 1.82) is 0 Å². The molecule has 0 saturated carbocycles. The molecule has 1 amide bonds. The minimum Gasteiger partial charge on any atom is -0.458 e. The number of hydrogen-bond acceptors (Lipinski definition) is 5. The lowest BCUT2D eigenvalue weighted by Gasteiger charge is -2.23. The van der Waals surface area contributed by atoms with Crippen LogP contribution in [0.2, 0.25) is 0 Å². The highest BCUT2D eigenvalue weighted by atomic mass is 16.5. The first-order chi connectivity index (χ1) is 29.5. The molecule has 0 radical (unpaired) electrons. The number of ether oxygens (including phenoxy) is 1. The van der Waals surface area contributed by atoms with Gasteiger partial charge < -0.3 is 20.3 Å². The van der Waals surface area contributed by atoms with E-state index in [2.05, 4.69) is 62.5 Å². The summed E-state index contributed by atoms with van der Waals surface area (Å²) < 4.78 is 5.83. The topological polar surface area (TPSA) is 95.9 Å². The van der Waals surface area contributed by atoms with Crippen LogP contribution in [0.1, 0.15) is 258 Å². The maximum absolute atomic E-state index is 13.1. The number of rotatable bonds is 46. The van der Waals surface area contributed by atoms with E-state index in [0.29, 0.717) is 12.8 Å². The average Bonchev–Trinajstić information content (AvgIpc) is 3.24. The first-order valence-corrected chi connectivity index (χ1v) is 25.9. The first-order valence-electron chi connectivity index (χ1n) is 25.9. The van der Waals surface area contributed by atoms with Crippen molar-refractivity contribution >= 4 is 11.9 Å². The van der Waals surface area contributed by atoms with E-state index >= 15 is 0 Å².